The predicted molar refractivity (Wildman–Crippen MR) is 40.5 cm³/mol. The molecular weight excluding hydrogens is 163 g/mol. The molecule has 12 heavy (non-hydrogen) atoms. The number of hydrogen-bond acceptors (Lipinski definition) is 3. The van der Waals surface area contributed by atoms with Crippen LogP contribution in [0.2, 0.25) is 0 Å². The molecule has 4 nitrogen and oxygen atoms in total. The average molecular weight is 174 g/mol. The first-order valence-corrected chi connectivity index (χ1v) is 3.78. The molecule has 0 saturated carbocycles. The summed E-state index contributed by atoms with van der Waals surface area (Å²) in [7, 11) is 0. The van der Waals surface area contributed by atoms with E-state index < -0.39 is 18.1 Å². The maximum absolute atomic E-state index is 12.4. The van der Waals surface area contributed by atoms with Gasteiger partial charge >= 0.3 is 0 Å². The summed E-state index contributed by atoms with van der Waals surface area (Å²) in [4.78, 5) is 10.7. The molecule has 0 bridgehead atoms. The van der Waals surface area contributed by atoms with Crippen LogP contribution in [0.4, 0.5) is 4.39 Å². The topological polar surface area (TPSA) is 50.4 Å². The van der Waals surface area contributed by atoms with Crippen molar-refractivity contribution in [3.8, 4) is 0 Å². The predicted octanol–water partition coefficient (Wildman–Crippen LogP) is 0.227. The number of halogens is 1. The van der Waals surface area contributed by atoms with E-state index in [4.69, 9.17) is 4.74 Å². The Labute approximate surface area is 69.8 Å². The molecule has 5 heteroatoms. The fraction of sp³-hybridized carbons (Fsp3) is 0.571. The van der Waals surface area contributed by atoms with E-state index in [1.165, 1.54) is 0 Å². The quantitative estimate of drug-likeness (QED) is 0.643. The van der Waals surface area contributed by atoms with Crippen molar-refractivity contribution >= 4 is 5.91 Å². The molecule has 1 heterocycles. The summed E-state index contributed by atoms with van der Waals surface area (Å²) in [5, 5.41) is 4.83. The molecule has 0 aliphatic carbocycles. The Morgan fingerprint density at radius 2 is 2.50 bits per heavy atom. The third-order valence-electron chi connectivity index (χ3n) is 1.33. The van der Waals surface area contributed by atoms with Gasteiger partial charge in [0, 0.05) is 6.20 Å². The van der Waals surface area contributed by atoms with Gasteiger partial charge in [-0.25, -0.2) is 0 Å². The first kappa shape index (κ1) is 8.99. The van der Waals surface area contributed by atoms with E-state index in [-0.39, 0.29) is 0 Å². The molecule has 1 rings (SSSR count). The second-order valence-electron chi connectivity index (χ2n) is 2.38. The number of nitrogens with one attached hydrogen (secondary N) is 2. The molecule has 1 atom stereocenters. The van der Waals surface area contributed by atoms with E-state index in [1.807, 2.05) is 6.92 Å². The van der Waals surface area contributed by atoms with Gasteiger partial charge in [-0.3, -0.25) is 4.79 Å². The third kappa shape index (κ3) is 2.20. The van der Waals surface area contributed by atoms with Crippen molar-refractivity contribution in [3.05, 3.63) is 12.0 Å². The fourth-order valence-electron chi connectivity index (χ4n) is 0.770. The van der Waals surface area contributed by atoms with Gasteiger partial charge in [-0.15, -0.1) is 0 Å². The molecule has 0 aromatic rings. The van der Waals surface area contributed by atoms with Gasteiger partial charge in [-0.05, 0) is 6.42 Å². The van der Waals surface area contributed by atoms with Crippen LogP contribution in [0.5, 0.6) is 0 Å². The molecule has 0 radical (unpaired) electrons. The van der Waals surface area contributed by atoms with Crippen molar-refractivity contribution in [2.75, 3.05) is 6.61 Å². The first-order chi connectivity index (χ1) is 5.74. The van der Waals surface area contributed by atoms with Crippen LogP contribution < -0.4 is 10.6 Å². The highest BCUT2D eigenvalue weighted by Gasteiger charge is 2.19. The average Bonchev–Trinajstić information content (AvgIpc) is 2.07. The van der Waals surface area contributed by atoms with E-state index >= 15 is 0 Å². The van der Waals surface area contributed by atoms with Crippen LogP contribution in [0.1, 0.15) is 13.3 Å². The van der Waals surface area contributed by atoms with Crippen LogP contribution >= 0.6 is 0 Å². The molecule has 1 aliphatic heterocycles. The Bertz CT molecular complexity index is 206. The summed E-state index contributed by atoms with van der Waals surface area (Å²) in [5.41, 5.74) is 0. The van der Waals surface area contributed by atoms with Crippen LogP contribution in [-0.4, -0.2) is 18.9 Å². The number of hydrogen-bond donors (Lipinski definition) is 2. The van der Waals surface area contributed by atoms with Gasteiger partial charge in [0.05, 0.1) is 6.61 Å². The fourth-order valence-corrected chi connectivity index (χ4v) is 0.770. The zero-order valence-electron chi connectivity index (χ0n) is 6.76. The van der Waals surface area contributed by atoms with Gasteiger partial charge in [0.2, 0.25) is 12.2 Å². The highest BCUT2D eigenvalue weighted by molar-refractivity contribution is 5.91. The van der Waals surface area contributed by atoms with Crippen molar-refractivity contribution in [1.82, 2.24) is 10.6 Å². The number of amides is 1. The summed E-state index contributed by atoms with van der Waals surface area (Å²) in [6.07, 6.45) is 1.25. The standard InChI is InChI=1S/C7H11FN2O2/c1-2-3-12-7-9-4-5(8)6(11)10-7/h4,7,9H,2-3H2,1H3,(H,10,11). The van der Waals surface area contributed by atoms with E-state index in [0.29, 0.717) is 6.61 Å². The minimum atomic E-state index is -0.827. The lowest BCUT2D eigenvalue weighted by atomic mass is 10.4. The Kier molecular flexibility index (Phi) is 3.04. The highest BCUT2D eigenvalue weighted by Crippen LogP contribution is 2.01. The van der Waals surface area contributed by atoms with Crippen LogP contribution in [0, 0.1) is 0 Å². The minimum Gasteiger partial charge on any atom is -0.346 e. The Morgan fingerprint density at radius 3 is 3.08 bits per heavy atom. The van der Waals surface area contributed by atoms with E-state index in [2.05, 4.69) is 10.6 Å². The lowest BCUT2D eigenvalue weighted by Crippen LogP contribution is -2.49. The SMILES string of the molecule is CCCOC1NC=C(F)C(=O)N1. The van der Waals surface area contributed by atoms with E-state index in [9.17, 15) is 9.18 Å². The van der Waals surface area contributed by atoms with E-state index in [0.717, 1.165) is 12.6 Å². The molecule has 1 aliphatic rings. The molecule has 1 unspecified atom stereocenters. The van der Waals surface area contributed by atoms with Gasteiger partial charge < -0.3 is 15.4 Å². The summed E-state index contributed by atoms with van der Waals surface area (Å²) >= 11 is 0. The second kappa shape index (κ2) is 4.06. The maximum atomic E-state index is 12.4. The summed E-state index contributed by atoms with van der Waals surface area (Å²) in [6, 6.07) is 0. The monoisotopic (exact) mass is 174 g/mol. The van der Waals surface area contributed by atoms with Gasteiger partial charge in [0.15, 0.2) is 0 Å². The molecule has 0 saturated heterocycles. The second-order valence-corrected chi connectivity index (χ2v) is 2.38. The molecular formula is C7H11FN2O2. The van der Waals surface area contributed by atoms with Gasteiger partial charge in [-0.2, -0.15) is 4.39 Å². The van der Waals surface area contributed by atoms with Gasteiger partial charge in [0.1, 0.15) is 0 Å². The molecule has 0 fully saturated rings. The maximum Gasteiger partial charge on any atom is 0.284 e. The van der Waals surface area contributed by atoms with Crippen LogP contribution in [0.3, 0.4) is 0 Å². The van der Waals surface area contributed by atoms with Crippen molar-refractivity contribution < 1.29 is 13.9 Å². The van der Waals surface area contributed by atoms with Crippen LogP contribution in [0.25, 0.3) is 0 Å². The Balaban J connectivity index is 2.37. The number of ether oxygens (including phenoxy) is 1. The molecule has 0 aromatic carbocycles. The van der Waals surface area contributed by atoms with Crippen molar-refractivity contribution in [2.24, 2.45) is 0 Å². The van der Waals surface area contributed by atoms with Gasteiger partial charge in [0.25, 0.3) is 5.91 Å². The normalized spacial score (nSPS) is 22.7. The van der Waals surface area contributed by atoms with Crippen molar-refractivity contribution in [3.63, 3.8) is 0 Å². The minimum absolute atomic E-state index is 0.521. The van der Waals surface area contributed by atoms with Crippen molar-refractivity contribution in [2.45, 2.75) is 19.7 Å². The van der Waals surface area contributed by atoms with Crippen LogP contribution in [0.15, 0.2) is 12.0 Å². The molecule has 0 spiro atoms. The number of carbonyl (C=O) groups excluding carboxylic acids is 1. The lowest BCUT2D eigenvalue weighted by Gasteiger charge is -2.22. The largest absolute Gasteiger partial charge is 0.346 e. The lowest BCUT2D eigenvalue weighted by molar-refractivity contribution is -0.125. The Morgan fingerprint density at radius 1 is 1.75 bits per heavy atom. The molecule has 2 N–H and O–H groups in total. The summed E-state index contributed by atoms with van der Waals surface area (Å²) in [6.45, 7) is 2.47. The Hall–Kier alpha value is -1.10. The first-order valence-electron chi connectivity index (χ1n) is 3.78. The summed E-state index contributed by atoms with van der Waals surface area (Å²) in [5.74, 6) is -1.57. The zero-order chi connectivity index (χ0) is 8.97. The third-order valence-corrected chi connectivity index (χ3v) is 1.33. The highest BCUT2D eigenvalue weighted by atomic mass is 19.1. The molecule has 0 aromatic heterocycles. The molecule has 68 valence electrons. The smallest absolute Gasteiger partial charge is 0.284 e. The van der Waals surface area contributed by atoms with Crippen LogP contribution in [-0.2, 0) is 9.53 Å². The molecule has 1 amide bonds. The van der Waals surface area contributed by atoms with Gasteiger partial charge in [-0.1, -0.05) is 6.92 Å². The summed E-state index contributed by atoms with van der Waals surface area (Å²) < 4.78 is 17.5. The zero-order valence-corrected chi connectivity index (χ0v) is 6.76. The van der Waals surface area contributed by atoms with E-state index in [1.54, 1.807) is 0 Å². The van der Waals surface area contributed by atoms with Crippen molar-refractivity contribution in [1.29, 1.82) is 0 Å². The number of rotatable bonds is 3. The number of carbonyl (C=O) groups is 1.